The second-order valence-corrected chi connectivity index (χ2v) is 10.8. The maximum atomic E-state index is 13.0. The number of amides is 1. The van der Waals surface area contributed by atoms with E-state index in [-0.39, 0.29) is 5.41 Å². The van der Waals surface area contributed by atoms with Crippen molar-refractivity contribution in [2.75, 3.05) is 57.3 Å². The van der Waals surface area contributed by atoms with Gasteiger partial charge in [0, 0.05) is 56.9 Å². The lowest BCUT2D eigenvalue weighted by molar-refractivity contribution is -0.135. The molecule has 0 unspecified atom stereocenters. The summed E-state index contributed by atoms with van der Waals surface area (Å²) in [7, 11) is 0. The number of hydrogen-bond acceptors (Lipinski definition) is 5. The molecule has 1 spiro atoms. The second-order valence-electron chi connectivity index (χ2n) is 10.8. The zero-order valence-corrected chi connectivity index (χ0v) is 20.2. The zero-order valence-electron chi connectivity index (χ0n) is 20.2. The van der Waals surface area contributed by atoms with Gasteiger partial charge in [0.15, 0.2) is 0 Å². The number of pyridine rings is 1. The van der Waals surface area contributed by atoms with Crippen LogP contribution < -0.4 is 4.90 Å². The van der Waals surface area contributed by atoms with Gasteiger partial charge in [0.25, 0.3) is 0 Å². The molecule has 0 bridgehead atoms. The normalized spacial score (nSPS) is 23.2. The van der Waals surface area contributed by atoms with Gasteiger partial charge in [-0.15, -0.1) is 0 Å². The topological polar surface area (TPSA) is 42.9 Å². The first-order valence-corrected chi connectivity index (χ1v) is 13.2. The van der Waals surface area contributed by atoms with Crippen LogP contribution in [0.2, 0.25) is 0 Å². The summed E-state index contributed by atoms with van der Waals surface area (Å²) in [5, 5.41) is 0. The molecule has 34 heavy (non-hydrogen) atoms. The first kappa shape index (κ1) is 22.1. The molecule has 3 aliphatic heterocycles. The summed E-state index contributed by atoms with van der Waals surface area (Å²) in [5.74, 6) is 0.319. The molecule has 180 valence electrons. The molecule has 3 fully saturated rings. The minimum Gasteiger partial charge on any atom is -0.365 e. The van der Waals surface area contributed by atoms with Crippen LogP contribution in [0.25, 0.3) is 0 Å². The second kappa shape index (κ2) is 9.31. The number of carbonyl (C=O) groups is 1. The van der Waals surface area contributed by atoms with Crippen molar-refractivity contribution in [3.05, 3.63) is 59.9 Å². The van der Waals surface area contributed by atoms with Gasteiger partial charge >= 0.3 is 0 Å². The Labute approximate surface area is 203 Å². The number of fused-ring (bicyclic) bond motifs is 2. The molecule has 6 heteroatoms. The SMILES string of the molecule is O=C(CN1CCC2(CC1)CN(Cc1ccccc1)c1cccnc12)N1CCN(C2CCC2)CC1. The smallest absolute Gasteiger partial charge is 0.236 e. The van der Waals surface area contributed by atoms with Gasteiger partial charge in [-0.25, -0.2) is 0 Å². The zero-order chi connectivity index (χ0) is 23.0. The fourth-order valence-corrected chi connectivity index (χ4v) is 6.44. The molecule has 1 aliphatic carbocycles. The van der Waals surface area contributed by atoms with E-state index < -0.39 is 0 Å². The van der Waals surface area contributed by atoms with Crippen molar-refractivity contribution in [3.8, 4) is 0 Å². The maximum Gasteiger partial charge on any atom is 0.236 e. The number of piperidine rings is 1. The monoisotopic (exact) mass is 459 g/mol. The third-order valence-electron chi connectivity index (χ3n) is 8.77. The first-order chi connectivity index (χ1) is 16.7. The number of anilines is 1. The number of benzene rings is 1. The number of hydrogen-bond donors (Lipinski definition) is 0. The molecular weight excluding hydrogens is 422 g/mol. The lowest BCUT2D eigenvalue weighted by atomic mass is 9.76. The molecule has 0 atom stereocenters. The Morgan fingerprint density at radius 3 is 2.41 bits per heavy atom. The summed E-state index contributed by atoms with van der Waals surface area (Å²) in [6.45, 7) is 8.39. The molecule has 1 saturated carbocycles. The van der Waals surface area contributed by atoms with Crippen molar-refractivity contribution >= 4 is 11.6 Å². The average Bonchev–Trinajstić information content (AvgIpc) is 3.14. The summed E-state index contributed by atoms with van der Waals surface area (Å²) in [6, 6.07) is 15.8. The van der Waals surface area contributed by atoms with Crippen LogP contribution in [-0.4, -0.2) is 84.0 Å². The number of piperazine rings is 1. The van der Waals surface area contributed by atoms with E-state index in [0.717, 1.165) is 71.2 Å². The van der Waals surface area contributed by atoms with E-state index in [2.05, 4.69) is 62.1 Å². The minimum absolute atomic E-state index is 0.110. The van der Waals surface area contributed by atoms with Crippen molar-refractivity contribution in [1.82, 2.24) is 19.7 Å². The molecule has 6 rings (SSSR count). The van der Waals surface area contributed by atoms with Gasteiger partial charge in [0.05, 0.1) is 17.9 Å². The van der Waals surface area contributed by atoms with Crippen LogP contribution in [-0.2, 0) is 16.8 Å². The number of carbonyl (C=O) groups excluding carboxylic acids is 1. The maximum absolute atomic E-state index is 13.0. The van der Waals surface area contributed by atoms with E-state index in [0.29, 0.717) is 12.5 Å². The predicted octanol–water partition coefficient (Wildman–Crippen LogP) is 3.13. The van der Waals surface area contributed by atoms with Crippen molar-refractivity contribution in [3.63, 3.8) is 0 Å². The van der Waals surface area contributed by atoms with Crippen LogP contribution in [0.3, 0.4) is 0 Å². The fraction of sp³-hybridized carbons (Fsp3) is 0.571. The molecule has 1 aromatic carbocycles. The highest BCUT2D eigenvalue weighted by atomic mass is 16.2. The van der Waals surface area contributed by atoms with E-state index in [1.54, 1.807) is 0 Å². The Hall–Kier alpha value is -2.44. The molecule has 6 nitrogen and oxygen atoms in total. The number of aromatic nitrogens is 1. The predicted molar refractivity (Wildman–Crippen MR) is 135 cm³/mol. The first-order valence-electron chi connectivity index (χ1n) is 13.2. The molecule has 4 heterocycles. The third kappa shape index (κ3) is 4.22. The van der Waals surface area contributed by atoms with Gasteiger partial charge < -0.3 is 9.80 Å². The van der Waals surface area contributed by atoms with Crippen molar-refractivity contribution in [1.29, 1.82) is 0 Å². The van der Waals surface area contributed by atoms with E-state index in [1.807, 2.05) is 6.20 Å². The Bertz CT molecular complexity index is 991. The Balaban J connectivity index is 1.06. The van der Waals surface area contributed by atoms with Crippen LogP contribution >= 0.6 is 0 Å². The molecule has 1 amide bonds. The summed E-state index contributed by atoms with van der Waals surface area (Å²) in [4.78, 5) is 27.5. The lowest BCUT2D eigenvalue weighted by Gasteiger charge is -2.43. The van der Waals surface area contributed by atoms with Crippen molar-refractivity contribution in [2.24, 2.45) is 0 Å². The average molecular weight is 460 g/mol. The number of nitrogens with zero attached hydrogens (tertiary/aromatic N) is 5. The quantitative estimate of drug-likeness (QED) is 0.687. The van der Waals surface area contributed by atoms with E-state index in [1.165, 1.54) is 36.2 Å². The Morgan fingerprint density at radius 2 is 1.71 bits per heavy atom. The number of likely N-dealkylation sites (tertiary alicyclic amines) is 1. The fourth-order valence-electron chi connectivity index (χ4n) is 6.44. The summed E-state index contributed by atoms with van der Waals surface area (Å²) >= 11 is 0. The largest absolute Gasteiger partial charge is 0.365 e. The molecule has 2 saturated heterocycles. The van der Waals surface area contributed by atoms with Gasteiger partial charge in [0.2, 0.25) is 5.91 Å². The lowest BCUT2D eigenvalue weighted by Crippen LogP contribution is -2.55. The minimum atomic E-state index is 0.110. The summed E-state index contributed by atoms with van der Waals surface area (Å²) in [6.07, 6.45) is 8.18. The molecule has 1 aromatic heterocycles. The van der Waals surface area contributed by atoms with Crippen molar-refractivity contribution in [2.45, 2.75) is 50.1 Å². The third-order valence-corrected chi connectivity index (χ3v) is 8.77. The van der Waals surface area contributed by atoms with Gasteiger partial charge in [-0.2, -0.15) is 0 Å². The molecule has 0 radical (unpaired) electrons. The standard InChI is InChI=1S/C28H37N5O/c34-26(32-18-16-31(17-19-32)24-8-4-9-24)21-30-14-11-28(12-15-30)22-33(20-23-6-2-1-3-7-23)25-10-5-13-29-27(25)28/h1-3,5-7,10,13,24H,4,8-9,11-12,14-22H2. The van der Waals surface area contributed by atoms with Gasteiger partial charge in [-0.1, -0.05) is 36.8 Å². The van der Waals surface area contributed by atoms with Crippen LogP contribution in [0.1, 0.15) is 43.4 Å². The van der Waals surface area contributed by atoms with E-state index >= 15 is 0 Å². The Morgan fingerprint density at radius 1 is 0.941 bits per heavy atom. The van der Waals surface area contributed by atoms with Crippen LogP contribution in [0, 0.1) is 0 Å². The van der Waals surface area contributed by atoms with E-state index in [4.69, 9.17) is 4.98 Å². The van der Waals surface area contributed by atoms with Gasteiger partial charge in [-0.3, -0.25) is 19.6 Å². The number of rotatable bonds is 5. The van der Waals surface area contributed by atoms with Gasteiger partial charge in [0.1, 0.15) is 0 Å². The summed E-state index contributed by atoms with van der Waals surface area (Å²) in [5.41, 5.74) is 4.01. The highest BCUT2D eigenvalue weighted by Gasteiger charge is 2.46. The van der Waals surface area contributed by atoms with Crippen LogP contribution in [0.15, 0.2) is 48.7 Å². The van der Waals surface area contributed by atoms with Crippen LogP contribution in [0.4, 0.5) is 5.69 Å². The molecule has 0 N–H and O–H groups in total. The molecule has 4 aliphatic rings. The highest BCUT2D eigenvalue weighted by Crippen LogP contribution is 2.46. The van der Waals surface area contributed by atoms with Crippen LogP contribution in [0.5, 0.6) is 0 Å². The Kier molecular flexibility index (Phi) is 6.04. The molecule has 2 aromatic rings. The highest BCUT2D eigenvalue weighted by molar-refractivity contribution is 5.78. The molecular formula is C28H37N5O. The van der Waals surface area contributed by atoms with Crippen molar-refractivity contribution < 1.29 is 4.79 Å². The van der Waals surface area contributed by atoms with E-state index in [9.17, 15) is 4.79 Å². The van der Waals surface area contributed by atoms with Gasteiger partial charge in [-0.05, 0) is 56.5 Å². The summed E-state index contributed by atoms with van der Waals surface area (Å²) < 4.78 is 0.